The van der Waals surface area contributed by atoms with Crippen LogP contribution < -0.4 is 4.74 Å². The number of benzene rings is 1. The molecule has 0 radical (unpaired) electrons. The molecule has 9 heteroatoms. The SMILES string of the molecule is COc1ccc(Br)cc1C1=C2C=CC(Br)=[N+]2[B-](F)(F)n2c(Br)ccc21. The van der Waals surface area contributed by atoms with E-state index in [9.17, 15) is 0 Å². The summed E-state index contributed by atoms with van der Waals surface area (Å²) in [5.41, 5.74) is 2.29. The van der Waals surface area contributed by atoms with Gasteiger partial charge in [0.15, 0.2) is 5.70 Å². The van der Waals surface area contributed by atoms with E-state index in [4.69, 9.17) is 4.74 Å². The molecule has 0 aliphatic carbocycles. The number of nitrogens with zero attached hydrogens (tertiary/aromatic N) is 2. The van der Waals surface area contributed by atoms with Crippen molar-refractivity contribution in [1.82, 2.24) is 4.48 Å². The van der Waals surface area contributed by atoms with Crippen LogP contribution in [0.2, 0.25) is 0 Å². The Labute approximate surface area is 168 Å². The standard InChI is InChI=1S/C16H10BBr3F2N2O/c1-25-13-5-2-9(18)8-10(13)16-11-3-6-14(19)23(11)17(21,22)24-12(16)4-7-15(24)20/h2-8H,1H3. The highest BCUT2D eigenvalue weighted by Crippen LogP contribution is 2.44. The third kappa shape index (κ3) is 2.43. The summed E-state index contributed by atoms with van der Waals surface area (Å²) in [4.78, 5) is 0. The molecule has 1 aromatic heterocycles. The van der Waals surface area contributed by atoms with E-state index in [0.717, 1.165) is 19.0 Å². The monoisotopic (exact) mass is 532 g/mol. The lowest BCUT2D eigenvalue weighted by Gasteiger charge is -2.32. The van der Waals surface area contributed by atoms with Crippen molar-refractivity contribution in [3.05, 3.63) is 68.5 Å². The minimum Gasteiger partial charge on any atom is -0.496 e. The van der Waals surface area contributed by atoms with Crippen LogP contribution in [-0.4, -0.2) is 27.7 Å². The molecular formula is C16H10BBr3F2N2O. The van der Waals surface area contributed by atoms with Gasteiger partial charge in [0.25, 0.3) is 0 Å². The molecule has 0 unspecified atom stereocenters. The number of rotatable bonds is 2. The molecule has 2 aromatic rings. The zero-order valence-electron chi connectivity index (χ0n) is 12.8. The maximum absolute atomic E-state index is 15.2. The van der Waals surface area contributed by atoms with Crippen molar-refractivity contribution >= 4 is 65.0 Å². The van der Waals surface area contributed by atoms with Crippen molar-refractivity contribution in [1.29, 1.82) is 0 Å². The van der Waals surface area contributed by atoms with Gasteiger partial charge in [-0.1, -0.05) is 15.9 Å². The molecule has 0 N–H and O–H groups in total. The van der Waals surface area contributed by atoms with Crippen LogP contribution in [-0.2, 0) is 0 Å². The molecule has 3 heterocycles. The van der Waals surface area contributed by atoms with Crippen molar-refractivity contribution < 1.29 is 17.9 Å². The van der Waals surface area contributed by atoms with Crippen LogP contribution in [0.5, 0.6) is 5.75 Å². The van der Waals surface area contributed by atoms with Crippen LogP contribution in [0.3, 0.4) is 0 Å². The van der Waals surface area contributed by atoms with E-state index in [2.05, 4.69) is 47.8 Å². The number of aromatic nitrogens is 1. The smallest absolute Gasteiger partial charge is 0.496 e. The Morgan fingerprint density at radius 2 is 1.84 bits per heavy atom. The predicted octanol–water partition coefficient (Wildman–Crippen LogP) is 5.39. The van der Waals surface area contributed by atoms with Gasteiger partial charge in [-0.05, 0) is 46.3 Å². The summed E-state index contributed by atoms with van der Waals surface area (Å²) in [5, 5.41) is 0. The molecular weight excluding hydrogens is 525 g/mol. The molecule has 0 spiro atoms. The minimum atomic E-state index is -4.02. The highest BCUT2D eigenvalue weighted by molar-refractivity contribution is 9.18. The van der Waals surface area contributed by atoms with E-state index in [0.29, 0.717) is 31.9 Å². The fraction of sp³-hybridized carbons (Fsp3) is 0.0625. The molecule has 2 aliphatic heterocycles. The van der Waals surface area contributed by atoms with Crippen molar-refractivity contribution in [2.45, 2.75) is 0 Å². The van der Waals surface area contributed by atoms with Crippen molar-refractivity contribution in [3.8, 4) is 5.75 Å². The zero-order valence-corrected chi connectivity index (χ0v) is 17.6. The fourth-order valence-electron chi connectivity index (χ4n) is 3.28. The highest BCUT2D eigenvalue weighted by atomic mass is 79.9. The number of hydrogen-bond acceptors (Lipinski definition) is 1. The van der Waals surface area contributed by atoms with Gasteiger partial charge in [-0.2, -0.15) is 0 Å². The van der Waals surface area contributed by atoms with Crippen LogP contribution in [0.4, 0.5) is 8.63 Å². The van der Waals surface area contributed by atoms with Gasteiger partial charge in [0.1, 0.15) is 5.75 Å². The average molecular weight is 535 g/mol. The molecule has 128 valence electrons. The summed E-state index contributed by atoms with van der Waals surface area (Å²) < 4.78 is 39.4. The number of ether oxygens (including phenoxy) is 1. The predicted molar refractivity (Wildman–Crippen MR) is 106 cm³/mol. The average Bonchev–Trinajstić information content (AvgIpc) is 3.13. The number of fused-ring (bicyclic) bond motifs is 2. The molecule has 0 bridgehead atoms. The number of methoxy groups -OCH3 is 1. The summed E-state index contributed by atoms with van der Waals surface area (Å²) in [5.74, 6) is 0.615. The van der Waals surface area contributed by atoms with E-state index in [1.807, 2.05) is 18.2 Å². The first-order valence-electron chi connectivity index (χ1n) is 7.34. The summed E-state index contributed by atoms with van der Waals surface area (Å²) in [6.07, 6.45) is 3.33. The van der Waals surface area contributed by atoms with Crippen molar-refractivity contribution in [2.75, 3.05) is 7.11 Å². The third-order valence-electron chi connectivity index (χ3n) is 4.30. The number of halogens is 5. The van der Waals surface area contributed by atoms with E-state index >= 15 is 8.63 Å². The largest absolute Gasteiger partial charge is 0.738 e. The van der Waals surface area contributed by atoms with E-state index in [-0.39, 0.29) is 0 Å². The number of allylic oxidation sites excluding steroid dienone is 2. The van der Waals surface area contributed by atoms with Gasteiger partial charge < -0.3 is 22.3 Å². The van der Waals surface area contributed by atoms with Gasteiger partial charge in [-0.3, -0.25) is 0 Å². The van der Waals surface area contributed by atoms with Gasteiger partial charge in [-0.15, -0.1) is 0 Å². The molecule has 0 saturated heterocycles. The second kappa shape index (κ2) is 5.92. The second-order valence-corrected chi connectivity index (χ2v) is 8.17. The summed E-state index contributed by atoms with van der Waals surface area (Å²) in [7, 11) is 1.57. The van der Waals surface area contributed by atoms with Crippen molar-refractivity contribution in [2.24, 2.45) is 0 Å². The lowest BCUT2D eigenvalue weighted by atomic mass is 9.86. The molecule has 4 rings (SSSR count). The minimum absolute atomic E-state index is 0.324. The van der Waals surface area contributed by atoms with Gasteiger partial charge in [-0.25, -0.2) is 0 Å². The molecule has 2 aliphatic rings. The molecule has 1 aromatic carbocycles. The Bertz CT molecular complexity index is 1010. The van der Waals surface area contributed by atoms with Crippen molar-refractivity contribution in [3.63, 3.8) is 0 Å². The number of hydrogen-bond donors (Lipinski definition) is 0. The summed E-state index contributed by atoms with van der Waals surface area (Å²) in [6.45, 7) is -4.02. The Morgan fingerprint density at radius 3 is 2.56 bits per heavy atom. The molecule has 3 nitrogen and oxygen atoms in total. The quantitative estimate of drug-likeness (QED) is 0.472. The highest BCUT2D eigenvalue weighted by Gasteiger charge is 2.54. The zero-order chi connectivity index (χ0) is 17.9. The molecule has 0 saturated carbocycles. The topological polar surface area (TPSA) is 17.2 Å². The van der Waals surface area contributed by atoms with Gasteiger partial charge >= 0.3 is 6.97 Å². The first kappa shape index (κ1) is 17.2. The molecule has 0 atom stereocenters. The fourth-order valence-corrected chi connectivity index (χ4v) is 4.78. The van der Waals surface area contributed by atoms with Crippen LogP contribution in [0.25, 0.3) is 5.57 Å². The third-order valence-corrected chi connectivity index (χ3v) is 6.09. The molecule has 0 fully saturated rings. The van der Waals surface area contributed by atoms with Gasteiger partial charge in [0.2, 0.25) is 4.62 Å². The maximum Gasteiger partial charge on any atom is 0.738 e. The maximum atomic E-state index is 15.2. The van der Waals surface area contributed by atoms with E-state index < -0.39 is 6.97 Å². The van der Waals surface area contributed by atoms with Crippen LogP contribution in [0.1, 0.15) is 11.3 Å². The first-order valence-corrected chi connectivity index (χ1v) is 9.71. The lowest BCUT2D eigenvalue weighted by molar-refractivity contribution is -0.358. The Hall–Kier alpha value is -1.19. The molecule has 0 amide bonds. The van der Waals surface area contributed by atoms with Gasteiger partial charge in [0.05, 0.1) is 17.3 Å². The summed E-state index contributed by atoms with van der Waals surface area (Å²) >= 11 is 9.98. The van der Waals surface area contributed by atoms with Crippen LogP contribution in [0, 0.1) is 0 Å². The van der Waals surface area contributed by atoms with Gasteiger partial charge in [0, 0.05) is 43.8 Å². The summed E-state index contributed by atoms with van der Waals surface area (Å²) in [6, 6.07) is 8.87. The first-order chi connectivity index (χ1) is 11.9. The van der Waals surface area contributed by atoms with Crippen LogP contribution in [0.15, 0.2) is 57.3 Å². The van der Waals surface area contributed by atoms with E-state index in [1.165, 1.54) is 0 Å². The van der Waals surface area contributed by atoms with Crippen LogP contribution >= 0.6 is 47.8 Å². The molecule has 25 heavy (non-hydrogen) atoms. The Balaban J connectivity index is 2.13. The normalized spacial score (nSPS) is 17.8. The second-order valence-electron chi connectivity index (χ2n) is 5.63. The Morgan fingerprint density at radius 1 is 1.08 bits per heavy atom. The lowest BCUT2D eigenvalue weighted by Crippen LogP contribution is -2.50. The Kier molecular flexibility index (Phi) is 4.08. The van der Waals surface area contributed by atoms with E-state index in [1.54, 1.807) is 31.4 Å².